The first-order valence-electron chi connectivity index (χ1n) is 9.14. The molecule has 0 aromatic heterocycles. The van der Waals surface area contributed by atoms with Crippen LogP contribution in [0, 0.1) is 46.3 Å². The molecule has 6 unspecified atom stereocenters. The number of benzene rings is 1. The van der Waals surface area contributed by atoms with Crippen molar-refractivity contribution in [3.63, 3.8) is 0 Å². The standard InChI is InChI=1S/C20H14F3N3O5/c1-18-11(7-25)12(17(29)30)19(2,31-18)14-13(18)15(27)26(16(14)28)9-4-3-8(6-24)10(5-9)20(21,22)23/h3-5,11-14H,1-2H3,(H,29,30). The van der Waals surface area contributed by atoms with Gasteiger partial charge in [-0.1, -0.05) is 0 Å². The fourth-order valence-corrected chi connectivity index (χ4v) is 5.45. The van der Waals surface area contributed by atoms with Gasteiger partial charge in [0, 0.05) is 0 Å². The first kappa shape index (κ1) is 20.8. The van der Waals surface area contributed by atoms with Gasteiger partial charge in [0.15, 0.2) is 0 Å². The van der Waals surface area contributed by atoms with Crippen LogP contribution in [0.4, 0.5) is 18.9 Å². The normalized spacial score (nSPS) is 36.3. The molecule has 6 atom stereocenters. The van der Waals surface area contributed by atoms with Crippen molar-refractivity contribution in [2.24, 2.45) is 23.7 Å². The largest absolute Gasteiger partial charge is 0.481 e. The SMILES string of the molecule is CC12OC(C)(C(C(=O)O)C1C#N)C1C(=O)N(c3ccc(C#N)c(C(F)(F)F)c3)C(=O)C12. The van der Waals surface area contributed by atoms with Gasteiger partial charge in [-0.25, -0.2) is 4.90 Å². The first-order chi connectivity index (χ1) is 14.3. The Morgan fingerprint density at radius 1 is 1.16 bits per heavy atom. The first-order valence-corrected chi connectivity index (χ1v) is 9.14. The smallest absolute Gasteiger partial charge is 0.417 e. The molecule has 2 amide bonds. The molecule has 160 valence electrons. The molecule has 31 heavy (non-hydrogen) atoms. The van der Waals surface area contributed by atoms with E-state index in [1.165, 1.54) is 19.9 Å². The van der Waals surface area contributed by atoms with Crippen LogP contribution < -0.4 is 4.90 Å². The number of hydrogen-bond donors (Lipinski definition) is 1. The van der Waals surface area contributed by atoms with Crippen molar-refractivity contribution in [1.29, 1.82) is 10.5 Å². The van der Waals surface area contributed by atoms with E-state index in [2.05, 4.69) is 0 Å². The quantitative estimate of drug-likeness (QED) is 0.707. The predicted molar refractivity (Wildman–Crippen MR) is 93.8 cm³/mol. The van der Waals surface area contributed by atoms with Crippen molar-refractivity contribution in [3.8, 4) is 12.1 Å². The van der Waals surface area contributed by atoms with Gasteiger partial charge in [0.05, 0.1) is 57.9 Å². The highest BCUT2D eigenvalue weighted by molar-refractivity contribution is 6.23. The maximum absolute atomic E-state index is 13.4. The molecule has 0 saturated carbocycles. The van der Waals surface area contributed by atoms with E-state index in [1.807, 2.05) is 6.07 Å². The Balaban J connectivity index is 1.85. The van der Waals surface area contributed by atoms with Gasteiger partial charge in [0.1, 0.15) is 5.92 Å². The lowest BCUT2D eigenvalue weighted by atomic mass is 9.59. The summed E-state index contributed by atoms with van der Waals surface area (Å²) >= 11 is 0. The summed E-state index contributed by atoms with van der Waals surface area (Å²) < 4.78 is 45.9. The van der Waals surface area contributed by atoms with E-state index in [1.54, 1.807) is 0 Å². The molecule has 8 nitrogen and oxygen atoms in total. The number of carbonyl (C=O) groups is 3. The summed E-state index contributed by atoms with van der Waals surface area (Å²) in [6.45, 7) is 2.71. The Bertz CT molecular complexity index is 1140. The molecule has 3 aliphatic heterocycles. The number of rotatable bonds is 2. The number of alkyl halides is 3. The molecule has 4 rings (SSSR count). The number of fused-ring (bicyclic) bond motifs is 5. The summed E-state index contributed by atoms with van der Waals surface area (Å²) in [5, 5.41) is 28.2. The van der Waals surface area contributed by atoms with Crippen molar-refractivity contribution >= 4 is 23.5 Å². The average Bonchev–Trinajstić information content (AvgIpc) is 3.19. The number of carbonyl (C=O) groups excluding carboxylic acids is 2. The second-order valence-electron chi connectivity index (χ2n) is 8.20. The molecule has 3 heterocycles. The third-order valence-electron chi connectivity index (χ3n) is 6.64. The Labute approximate surface area is 173 Å². The van der Waals surface area contributed by atoms with Crippen LogP contribution in [0.5, 0.6) is 0 Å². The molecule has 1 N–H and O–H groups in total. The van der Waals surface area contributed by atoms with Crippen LogP contribution in [0.25, 0.3) is 0 Å². The van der Waals surface area contributed by atoms with Crippen molar-refractivity contribution in [2.75, 3.05) is 4.90 Å². The maximum atomic E-state index is 13.4. The molecule has 2 bridgehead atoms. The van der Waals surface area contributed by atoms with Gasteiger partial charge in [-0.3, -0.25) is 14.4 Å². The van der Waals surface area contributed by atoms with Crippen molar-refractivity contribution < 1.29 is 37.4 Å². The predicted octanol–water partition coefficient (Wildman–Crippen LogP) is 2.08. The number of aliphatic carboxylic acids is 1. The summed E-state index contributed by atoms with van der Waals surface area (Å²) in [5.41, 5.74) is -5.65. The van der Waals surface area contributed by atoms with Crippen LogP contribution in [0.2, 0.25) is 0 Å². The van der Waals surface area contributed by atoms with Gasteiger partial charge < -0.3 is 9.84 Å². The second-order valence-corrected chi connectivity index (χ2v) is 8.20. The molecule has 11 heteroatoms. The Hall–Kier alpha value is -3.44. The van der Waals surface area contributed by atoms with Gasteiger partial charge >= 0.3 is 12.1 Å². The highest BCUT2D eigenvalue weighted by Crippen LogP contribution is 2.65. The van der Waals surface area contributed by atoms with Crippen LogP contribution in [-0.2, 0) is 25.3 Å². The Morgan fingerprint density at radius 3 is 2.23 bits per heavy atom. The summed E-state index contributed by atoms with van der Waals surface area (Å²) in [7, 11) is 0. The van der Waals surface area contributed by atoms with E-state index in [4.69, 9.17) is 10.00 Å². The zero-order valence-corrected chi connectivity index (χ0v) is 16.1. The number of carboxylic acid groups (broad SMARTS) is 1. The molecule has 1 aromatic rings. The number of halogens is 3. The molecule has 3 fully saturated rings. The molecular weight excluding hydrogens is 419 g/mol. The van der Waals surface area contributed by atoms with E-state index in [0.29, 0.717) is 11.0 Å². The lowest BCUT2D eigenvalue weighted by molar-refractivity contribution is -0.151. The molecule has 0 spiro atoms. The highest BCUT2D eigenvalue weighted by atomic mass is 19.4. The van der Waals surface area contributed by atoms with Crippen LogP contribution in [-0.4, -0.2) is 34.1 Å². The fourth-order valence-electron chi connectivity index (χ4n) is 5.45. The van der Waals surface area contributed by atoms with E-state index in [9.17, 15) is 37.9 Å². The van der Waals surface area contributed by atoms with E-state index in [-0.39, 0.29) is 5.69 Å². The third-order valence-corrected chi connectivity index (χ3v) is 6.64. The summed E-state index contributed by atoms with van der Waals surface area (Å²) in [4.78, 5) is 38.9. The van der Waals surface area contributed by atoms with Gasteiger partial charge in [-0.05, 0) is 32.0 Å². The zero-order chi connectivity index (χ0) is 23.1. The van der Waals surface area contributed by atoms with Crippen molar-refractivity contribution in [1.82, 2.24) is 0 Å². The number of carboxylic acids is 1. The summed E-state index contributed by atoms with van der Waals surface area (Å²) in [5.74, 6) is -8.28. The molecule has 1 aromatic carbocycles. The van der Waals surface area contributed by atoms with Gasteiger partial charge in [0.25, 0.3) is 0 Å². The maximum Gasteiger partial charge on any atom is 0.417 e. The third kappa shape index (κ3) is 2.41. The number of hydrogen-bond acceptors (Lipinski definition) is 6. The van der Waals surface area contributed by atoms with Gasteiger partial charge in [-0.15, -0.1) is 0 Å². The number of nitrogens with zero attached hydrogens (tertiary/aromatic N) is 3. The highest BCUT2D eigenvalue weighted by Gasteiger charge is 2.81. The minimum Gasteiger partial charge on any atom is -0.481 e. The minimum absolute atomic E-state index is 0.386. The Kier molecular flexibility index (Phi) is 4.06. The molecule has 0 aliphatic carbocycles. The lowest BCUT2D eigenvalue weighted by Gasteiger charge is -2.35. The van der Waals surface area contributed by atoms with Crippen LogP contribution in [0.3, 0.4) is 0 Å². The molecular formula is C20H14F3N3O5. The fraction of sp³-hybridized carbons (Fsp3) is 0.450. The van der Waals surface area contributed by atoms with Crippen molar-refractivity contribution in [2.45, 2.75) is 31.2 Å². The lowest BCUT2D eigenvalue weighted by Crippen LogP contribution is -2.53. The number of nitriles is 2. The molecule has 3 saturated heterocycles. The van der Waals surface area contributed by atoms with E-state index < -0.39 is 70.0 Å². The van der Waals surface area contributed by atoms with Crippen LogP contribution in [0.1, 0.15) is 25.0 Å². The van der Waals surface area contributed by atoms with E-state index in [0.717, 1.165) is 12.1 Å². The second kappa shape index (κ2) is 6.05. The Morgan fingerprint density at radius 2 is 1.74 bits per heavy atom. The van der Waals surface area contributed by atoms with E-state index >= 15 is 0 Å². The van der Waals surface area contributed by atoms with Gasteiger partial charge in [0.2, 0.25) is 11.8 Å². The zero-order valence-electron chi connectivity index (χ0n) is 16.1. The molecule has 3 aliphatic rings. The van der Waals surface area contributed by atoms with Crippen LogP contribution in [0.15, 0.2) is 18.2 Å². The molecule has 0 radical (unpaired) electrons. The number of anilines is 1. The summed E-state index contributed by atoms with van der Waals surface area (Å²) in [6, 6.07) is 5.74. The minimum atomic E-state index is -4.90. The monoisotopic (exact) mass is 433 g/mol. The van der Waals surface area contributed by atoms with Gasteiger partial charge in [-0.2, -0.15) is 23.7 Å². The number of amides is 2. The summed E-state index contributed by atoms with van der Waals surface area (Å²) in [6.07, 6.45) is -4.90. The topological polar surface area (TPSA) is 131 Å². The van der Waals surface area contributed by atoms with Crippen molar-refractivity contribution in [3.05, 3.63) is 29.3 Å². The number of imide groups is 1. The van der Waals surface area contributed by atoms with Crippen LogP contribution >= 0.6 is 0 Å². The number of ether oxygens (including phenoxy) is 1. The average molecular weight is 433 g/mol.